The van der Waals surface area contributed by atoms with Crippen LogP contribution in [0, 0.1) is 5.82 Å². The van der Waals surface area contributed by atoms with Gasteiger partial charge in [0.2, 0.25) is 0 Å². The van der Waals surface area contributed by atoms with Gasteiger partial charge in [-0.05, 0) is 23.6 Å². The van der Waals surface area contributed by atoms with E-state index >= 15 is 0 Å². The molecular weight excluding hydrogens is 311 g/mol. The number of carbonyl (C=O) groups excluding carboxylic acids is 2. The van der Waals surface area contributed by atoms with Crippen LogP contribution < -0.4 is 0 Å². The molecule has 0 aromatic heterocycles. The lowest BCUT2D eigenvalue weighted by Crippen LogP contribution is -1.91. The Bertz CT molecular complexity index is 609. The molecule has 0 aliphatic heterocycles. The Hall–Kier alpha value is -2.37. The van der Waals surface area contributed by atoms with E-state index in [0.29, 0.717) is 24.0 Å². The van der Waals surface area contributed by atoms with Crippen LogP contribution in [0.15, 0.2) is 42.5 Å². The molecule has 24 heavy (non-hydrogen) atoms. The molecule has 4 nitrogen and oxygen atoms in total. The average Bonchev–Trinajstić information content (AvgIpc) is 2.62. The van der Waals surface area contributed by atoms with Crippen LogP contribution in [0.25, 0.3) is 11.1 Å². The monoisotopic (exact) mass is 334 g/mol. The fourth-order valence-corrected chi connectivity index (χ4v) is 1.92. The summed E-state index contributed by atoms with van der Waals surface area (Å²) in [6, 6.07) is 11.7. The molecule has 0 unspecified atom stereocenters. The number of carbonyl (C=O) groups is 2. The van der Waals surface area contributed by atoms with Crippen molar-refractivity contribution in [3.63, 3.8) is 0 Å². The van der Waals surface area contributed by atoms with Gasteiger partial charge in [0, 0.05) is 38.9 Å². The van der Waals surface area contributed by atoms with Gasteiger partial charge in [-0.3, -0.25) is 4.79 Å². The quantitative estimate of drug-likeness (QED) is 0.852. The Balaban J connectivity index is 0.000000952. The van der Waals surface area contributed by atoms with E-state index in [1.54, 1.807) is 44.6 Å². The lowest BCUT2D eigenvalue weighted by molar-refractivity contribution is -0.107. The van der Waals surface area contributed by atoms with E-state index in [-0.39, 0.29) is 5.82 Å². The van der Waals surface area contributed by atoms with Gasteiger partial charge in [0.1, 0.15) is 18.4 Å². The highest BCUT2D eigenvalue weighted by Gasteiger charge is 2.06. The van der Waals surface area contributed by atoms with Crippen LogP contribution in [0.3, 0.4) is 0 Å². The molecule has 0 saturated carbocycles. The summed E-state index contributed by atoms with van der Waals surface area (Å²) >= 11 is 0. The predicted octanol–water partition coefficient (Wildman–Crippen LogP) is 3.31. The lowest BCUT2D eigenvalue weighted by atomic mass is 10.0. The van der Waals surface area contributed by atoms with E-state index < -0.39 is 0 Å². The average molecular weight is 334 g/mol. The normalized spacial score (nSPS) is 9.04. The summed E-state index contributed by atoms with van der Waals surface area (Å²) in [6.07, 6.45) is 2.52. The molecule has 5 heteroatoms. The highest BCUT2D eigenvalue weighted by atomic mass is 19.1. The summed E-state index contributed by atoms with van der Waals surface area (Å²) in [5.41, 5.74) is 2.59. The van der Waals surface area contributed by atoms with Gasteiger partial charge in [0.05, 0.1) is 0 Å². The number of methoxy groups -OCH3 is 1. The van der Waals surface area contributed by atoms with E-state index in [4.69, 9.17) is 5.11 Å². The predicted molar refractivity (Wildman–Crippen MR) is 92.7 cm³/mol. The van der Waals surface area contributed by atoms with Crippen molar-refractivity contribution in [2.24, 2.45) is 0 Å². The summed E-state index contributed by atoms with van der Waals surface area (Å²) in [6.45, 7) is 0. The third kappa shape index (κ3) is 7.26. The van der Waals surface area contributed by atoms with Crippen LogP contribution in [-0.4, -0.2) is 39.0 Å². The first-order valence-corrected chi connectivity index (χ1v) is 7.28. The minimum absolute atomic E-state index is 0.317. The summed E-state index contributed by atoms with van der Waals surface area (Å²) in [5.74, 6) is -0.317. The van der Waals surface area contributed by atoms with Crippen molar-refractivity contribution in [2.45, 2.75) is 12.8 Å². The molecule has 2 rings (SSSR count). The number of aliphatic hydroxyl groups is 1. The Morgan fingerprint density at radius 2 is 1.62 bits per heavy atom. The summed E-state index contributed by atoms with van der Waals surface area (Å²) in [7, 11) is 4.25. The minimum atomic E-state index is -0.317. The summed E-state index contributed by atoms with van der Waals surface area (Å²) in [5, 5.41) is 7.00. The van der Waals surface area contributed by atoms with Crippen molar-refractivity contribution < 1.29 is 23.8 Å². The second-order valence-electron chi connectivity index (χ2n) is 4.67. The number of halogens is 1. The molecule has 2 aromatic rings. The topological polar surface area (TPSA) is 63.6 Å². The molecule has 2 aromatic carbocycles. The molecule has 0 radical (unpaired) electrons. The Morgan fingerprint density at radius 3 is 2.08 bits per heavy atom. The lowest BCUT2D eigenvalue weighted by Gasteiger charge is -2.06. The van der Waals surface area contributed by atoms with Gasteiger partial charge in [0.25, 0.3) is 0 Å². The first-order valence-electron chi connectivity index (χ1n) is 7.28. The number of benzene rings is 2. The standard InChI is InChI=1S/C16H13FO2.C2H6O.CH4O/c17-16-10-12(2-1-9-18)5-8-15(16)14-6-3-13(11-19)4-7-14;1-3-2;1-2/h3-11H,1-2H2;1-2H3;2H,1H3. The Labute approximate surface area is 141 Å². The van der Waals surface area contributed by atoms with Crippen LogP contribution >= 0.6 is 0 Å². The third-order valence-electron chi connectivity index (χ3n) is 2.94. The molecule has 0 spiro atoms. The highest BCUT2D eigenvalue weighted by Crippen LogP contribution is 2.24. The number of hydrogen-bond donors (Lipinski definition) is 1. The Morgan fingerprint density at radius 1 is 1.04 bits per heavy atom. The fourth-order valence-electron chi connectivity index (χ4n) is 1.92. The van der Waals surface area contributed by atoms with Gasteiger partial charge in [-0.2, -0.15) is 0 Å². The summed E-state index contributed by atoms with van der Waals surface area (Å²) in [4.78, 5) is 20.9. The fraction of sp³-hybridized carbons (Fsp3) is 0.263. The second-order valence-corrected chi connectivity index (χ2v) is 4.67. The molecule has 1 N–H and O–H groups in total. The maximum absolute atomic E-state index is 14.0. The van der Waals surface area contributed by atoms with Crippen molar-refractivity contribution in [1.29, 1.82) is 0 Å². The summed E-state index contributed by atoms with van der Waals surface area (Å²) < 4.78 is 18.2. The number of hydrogen-bond acceptors (Lipinski definition) is 4. The molecule has 0 saturated heterocycles. The van der Waals surface area contributed by atoms with Gasteiger partial charge < -0.3 is 14.6 Å². The van der Waals surface area contributed by atoms with Crippen LogP contribution in [0.4, 0.5) is 4.39 Å². The molecule has 130 valence electrons. The molecule has 0 amide bonds. The van der Waals surface area contributed by atoms with Crippen LogP contribution in [0.1, 0.15) is 22.3 Å². The van der Waals surface area contributed by atoms with Gasteiger partial charge in [-0.1, -0.05) is 36.4 Å². The zero-order valence-corrected chi connectivity index (χ0v) is 14.2. The van der Waals surface area contributed by atoms with E-state index in [2.05, 4.69) is 4.74 Å². The van der Waals surface area contributed by atoms with Crippen molar-refractivity contribution in [1.82, 2.24) is 0 Å². The Kier molecular flexibility index (Phi) is 11.8. The smallest absolute Gasteiger partial charge is 0.150 e. The molecule has 0 atom stereocenters. The molecule has 0 fully saturated rings. The SMILES string of the molecule is CO.COC.O=CCCc1ccc(-c2ccc(C=O)cc2)c(F)c1. The number of aliphatic hydroxyl groups excluding tert-OH is 1. The number of rotatable bonds is 5. The van der Waals surface area contributed by atoms with Crippen LogP contribution in [0.5, 0.6) is 0 Å². The van der Waals surface area contributed by atoms with Gasteiger partial charge in [0.15, 0.2) is 0 Å². The third-order valence-corrected chi connectivity index (χ3v) is 2.94. The van der Waals surface area contributed by atoms with Crippen molar-refractivity contribution in [3.05, 3.63) is 59.4 Å². The molecular formula is C19H23FO4. The van der Waals surface area contributed by atoms with E-state index in [1.807, 2.05) is 6.07 Å². The van der Waals surface area contributed by atoms with E-state index in [9.17, 15) is 14.0 Å². The molecule has 0 bridgehead atoms. The van der Waals surface area contributed by atoms with Gasteiger partial charge in [-0.15, -0.1) is 0 Å². The molecule has 0 aliphatic carbocycles. The maximum Gasteiger partial charge on any atom is 0.150 e. The van der Waals surface area contributed by atoms with Crippen molar-refractivity contribution in [2.75, 3.05) is 21.3 Å². The highest BCUT2D eigenvalue weighted by molar-refractivity contribution is 5.77. The molecule has 0 heterocycles. The molecule has 0 aliphatic rings. The van der Waals surface area contributed by atoms with Crippen molar-refractivity contribution in [3.8, 4) is 11.1 Å². The number of aryl methyl sites for hydroxylation is 1. The first kappa shape index (κ1) is 21.6. The zero-order valence-electron chi connectivity index (χ0n) is 14.2. The van der Waals surface area contributed by atoms with Gasteiger partial charge in [-0.25, -0.2) is 4.39 Å². The maximum atomic E-state index is 14.0. The second kappa shape index (κ2) is 13.1. The first-order chi connectivity index (χ1) is 11.7. The van der Waals surface area contributed by atoms with Crippen LogP contribution in [0.2, 0.25) is 0 Å². The van der Waals surface area contributed by atoms with Crippen LogP contribution in [-0.2, 0) is 16.0 Å². The van der Waals surface area contributed by atoms with Gasteiger partial charge >= 0.3 is 0 Å². The number of ether oxygens (including phenoxy) is 1. The number of aldehydes is 2. The van der Waals surface area contributed by atoms with E-state index in [0.717, 1.165) is 30.8 Å². The zero-order chi connectivity index (χ0) is 18.4. The van der Waals surface area contributed by atoms with E-state index in [1.165, 1.54) is 6.07 Å². The minimum Gasteiger partial charge on any atom is -0.400 e. The van der Waals surface area contributed by atoms with Crippen molar-refractivity contribution >= 4 is 12.6 Å². The largest absolute Gasteiger partial charge is 0.400 e.